The van der Waals surface area contributed by atoms with Crippen molar-refractivity contribution < 1.29 is 14.3 Å². The van der Waals surface area contributed by atoms with E-state index in [1.54, 1.807) is 6.92 Å². The third kappa shape index (κ3) is 3.13. The van der Waals surface area contributed by atoms with Gasteiger partial charge in [0, 0.05) is 5.56 Å². The van der Waals surface area contributed by atoms with Gasteiger partial charge in [0.2, 0.25) is 0 Å². The van der Waals surface area contributed by atoms with Crippen LogP contribution in [0.25, 0.3) is 11.3 Å². The van der Waals surface area contributed by atoms with Crippen molar-refractivity contribution in [2.24, 2.45) is 0 Å². The van der Waals surface area contributed by atoms with E-state index < -0.39 is 5.97 Å². The first-order valence-electron chi connectivity index (χ1n) is 5.54. The lowest BCUT2D eigenvalue weighted by Gasteiger charge is -1.98. The second kappa shape index (κ2) is 6.26. The zero-order valence-corrected chi connectivity index (χ0v) is 11.2. The Morgan fingerprint density at radius 3 is 2.33 bits per heavy atom. The lowest BCUT2D eigenvalue weighted by atomic mass is 10.1. The minimum atomic E-state index is -1.01. The van der Waals surface area contributed by atoms with Crippen LogP contribution in [-0.2, 0) is 0 Å². The molecule has 1 heterocycles. The van der Waals surface area contributed by atoms with Crippen molar-refractivity contribution in [3.05, 3.63) is 40.0 Å². The van der Waals surface area contributed by atoms with Crippen molar-refractivity contribution in [1.82, 2.24) is 4.98 Å². The SMILES string of the molecule is CC.Cc1nc(-c2ccc(F)cc2)c(C(=O)O)s1. The quantitative estimate of drug-likeness (QED) is 0.895. The molecule has 0 fully saturated rings. The first-order valence-corrected chi connectivity index (χ1v) is 6.36. The molecule has 2 aromatic rings. The van der Waals surface area contributed by atoms with E-state index in [4.69, 9.17) is 5.11 Å². The fourth-order valence-corrected chi connectivity index (χ4v) is 2.16. The van der Waals surface area contributed by atoms with Gasteiger partial charge in [-0.15, -0.1) is 11.3 Å². The highest BCUT2D eigenvalue weighted by molar-refractivity contribution is 7.14. The number of nitrogens with zero attached hydrogens (tertiary/aromatic N) is 1. The third-order valence-corrected chi connectivity index (χ3v) is 3.00. The Morgan fingerprint density at radius 1 is 1.28 bits per heavy atom. The van der Waals surface area contributed by atoms with E-state index in [-0.39, 0.29) is 10.7 Å². The maximum absolute atomic E-state index is 12.7. The molecular weight excluding hydrogens is 253 g/mol. The Labute approximate surface area is 109 Å². The van der Waals surface area contributed by atoms with E-state index in [1.165, 1.54) is 24.3 Å². The number of hydrogen-bond acceptors (Lipinski definition) is 3. The number of carboxylic acid groups (broad SMARTS) is 1. The molecule has 0 unspecified atom stereocenters. The molecule has 1 N–H and O–H groups in total. The van der Waals surface area contributed by atoms with Crippen molar-refractivity contribution in [1.29, 1.82) is 0 Å². The summed E-state index contributed by atoms with van der Waals surface area (Å²) in [6.07, 6.45) is 0. The van der Waals surface area contributed by atoms with Crippen LogP contribution in [0.5, 0.6) is 0 Å². The second-order valence-corrected chi connectivity index (χ2v) is 4.43. The Hall–Kier alpha value is -1.75. The molecule has 0 atom stereocenters. The molecular formula is C13H14FNO2S. The van der Waals surface area contributed by atoms with Crippen molar-refractivity contribution in [2.75, 3.05) is 0 Å². The minimum absolute atomic E-state index is 0.184. The fraction of sp³-hybridized carbons (Fsp3) is 0.231. The number of aromatic nitrogens is 1. The molecule has 0 amide bonds. The number of thiazole rings is 1. The maximum atomic E-state index is 12.7. The zero-order chi connectivity index (χ0) is 13.7. The predicted octanol–water partition coefficient (Wildman–Crippen LogP) is 3.98. The molecule has 1 aromatic carbocycles. The van der Waals surface area contributed by atoms with E-state index in [1.807, 2.05) is 13.8 Å². The van der Waals surface area contributed by atoms with Crippen molar-refractivity contribution in [2.45, 2.75) is 20.8 Å². The summed E-state index contributed by atoms with van der Waals surface area (Å²) in [5, 5.41) is 9.67. The van der Waals surface area contributed by atoms with E-state index in [9.17, 15) is 9.18 Å². The summed E-state index contributed by atoms with van der Waals surface area (Å²) in [7, 11) is 0. The standard InChI is InChI=1S/C11H8FNO2S.C2H6/c1-6-13-9(10(16-6)11(14)15)7-2-4-8(12)5-3-7;1-2/h2-5H,1H3,(H,14,15);1-2H3. The highest BCUT2D eigenvalue weighted by atomic mass is 32.1. The number of aromatic carboxylic acids is 1. The van der Waals surface area contributed by atoms with Crippen LogP contribution in [0.15, 0.2) is 24.3 Å². The van der Waals surface area contributed by atoms with Crippen LogP contribution < -0.4 is 0 Å². The van der Waals surface area contributed by atoms with Crippen LogP contribution >= 0.6 is 11.3 Å². The average molecular weight is 267 g/mol. The van der Waals surface area contributed by atoms with Gasteiger partial charge in [-0.25, -0.2) is 14.2 Å². The van der Waals surface area contributed by atoms with Crippen molar-refractivity contribution in [3.63, 3.8) is 0 Å². The summed E-state index contributed by atoms with van der Waals surface area (Å²) in [6.45, 7) is 5.74. The monoisotopic (exact) mass is 267 g/mol. The average Bonchev–Trinajstić information content (AvgIpc) is 2.75. The van der Waals surface area contributed by atoms with Gasteiger partial charge in [0.1, 0.15) is 10.7 Å². The molecule has 3 nitrogen and oxygen atoms in total. The van der Waals surface area contributed by atoms with Gasteiger partial charge in [0.25, 0.3) is 0 Å². The second-order valence-electron chi connectivity index (χ2n) is 3.22. The van der Waals surface area contributed by atoms with E-state index in [0.717, 1.165) is 11.3 Å². The number of carbonyl (C=O) groups is 1. The molecule has 5 heteroatoms. The van der Waals surface area contributed by atoms with Gasteiger partial charge >= 0.3 is 5.97 Å². The minimum Gasteiger partial charge on any atom is -0.477 e. The summed E-state index contributed by atoms with van der Waals surface area (Å²) >= 11 is 1.12. The van der Waals surface area contributed by atoms with Gasteiger partial charge in [-0.1, -0.05) is 13.8 Å². The third-order valence-electron chi connectivity index (χ3n) is 2.05. The molecule has 18 heavy (non-hydrogen) atoms. The molecule has 96 valence electrons. The fourth-order valence-electron chi connectivity index (χ4n) is 1.38. The summed E-state index contributed by atoms with van der Waals surface area (Å²) in [6, 6.07) is 5.62. The number of hydrogen-bond donors (Lipinski definition) is 1. The smallest absolute Gasteiger partial charge is 0.348 e. The molecule has 0 saturated heterocycles. The normalized spacial score (nSPS) is 9.56. The topological polar surface area (TPSA) is 50.2 Å². The highest BCUT2D eigenvalue weighted by Gasteiger charge is 2.16. The Balaban J connectivity index is 0.000000771. The first kappa shape index (κ1) is 14.3. The van der Waals surface area contributed by atoms with Crippen LogP contribution in [0.4, 0.5) is 4.39 Å². The number of halogens is 1. The number of rotatable bonds is 2. The Kier molecular flexibility index (Phi) is 4.97. The van der Waals surface area contributed by atoms with Crippen LogP contribution in [0.3, 0.4) is 0 Å². The lowest BCUT2D eigenvalue weighted by Crippen LogP contribution is -1.95. The lowest BCUT2D eigenvalue weighted by molar-refractivity contribution is 0.0702. The Bertz CT molecular complexity index is 534. The van der Waals surface area contributed by atoms with Crippen LogP contribution in [-0.4, -0.2) is 16.1 Å². The van der Waals surface area contributed by atoms with Crippen LogP contribution in [0.2, 0.25) is 0 Å². The van der Waals surface area contributed by atoms with E-state index in [0.29, 0.717) is 16.3 Å². The van der Waals surface area contributed by atoms with E-state index >= 15 is 0 Å². The van der Waals surface area contributed by atoms with Crippen LogP contribution in [0.1, 0.15) is 28.5 Å². The first-order chi connectivity index (χ1) is 8.58. The number of benzene rings is 1. The Morgan fingerprint density at radius 2 is 1.83 bits per heavy atom. The summed E-state index contributed by atoms with van der Waals surface area (Å²) in [4.78, 5) is 15.3. The van der Waals surface area contributed by atoms with Crippen molar-refractivity contribution >= 4 is 17.3 Å². The molecule has 0 bridgehead atoms. The summed E-state index contributed by atoms with van der Waals surface area (Å²) in [5.74, 6) is -1.36. The van der Waals surface area contributed by atoms with Gasteiger partial charge in [-0.3, -0.25) is 0 Å². The van der Waals surface area contributed by atoms with E-state index in [2.05, 4.69) is 4.98 Å². The largest absolute Gasteiger partial charge is 0.477 e. The molecule has 0 radical (unpaired) electrons. The maximum Gasteiger partial charge on any atom is 0.348 e. The van der Waals surface area contributed by atoms with Gasteiger partial charge in [-0.05, 0) is 31.2 Å². The molecule has 2 rings (SSSR count). The summed E-state index contributed by atoms with van der Waals surface area (Å²) < 4.78 is 12.7. The molecule has 0 saturated carbocycles. The highest BCUT2D eigenvalue weighted by Crippen LogP contribution is 2.27. The molecule has 0 aliphatic rings. The van der Waals surface area contributed by atoms with Crippen LogP contribution in [0, 0.1) is 12.7 Å². The van der Waals surface area contributed by atoms with Gasteiger partial charge in [0.05, 0.1) is 10.7 Å². The van der Waals surface area contributed by atoms with Gasteiger partial charge in [0.15, 0.2) is 0 Å². The van der Waals surface area contributed by atoms with Crippen molar-refractivity contribution in [3.8, 4) is 11.3 Å². The zero-order valence-electron chi connectivity index (χ0n) is 10.4. The predicted molar refractivity (Wildman–Crippen MR) is 70.6 cm³/mol. The molecule has 0 aliphatic heterocycles. The number of aryl methyl sites for hydroxylation is 1. The molecule has 0 aliphatic carbocycles. The molecule has 0 spiro atoms. The van der Waals surface area contributed by atoms with Gasteiger partial charge in [-0.2, -0.15) is 0 Å². The van der Waals surface area contributed by atoms with Gasteiger partial charge < -0.3 is 5.11 Å². The summed E-state index contributed by atoms with van der Waals surface area (Å²) in [5.41, 5.74) is 1.01. The number of carboxylic acids is 1. The molecule has 1 aromatic heterocycles.